The molecular weight excluding hydrogens is 224 g/mol. The lowest BCUT2D eigenvalue weighted by Gasteiger charge is -2.12. The molecular formula is C14H20N4. The van der Waals surface area contributed by atoms with Gasteiger partial charge in [-0.25, -0.2) is 9.97 Å². The van der Waals surface area contributed by atoms with Crippen LogP contribution in [-0.4, -0.2) is 14.5 Å². The van der Waals surface area contributed by atoms with Crippen molar-refractivity contribution in [1.29, 1.82) is 0 Å². The molecule has 0 aromatic carbocycles. The topological polar surface area (TPSA) is 56.7 Å². The summed E-state index contributed by atoms with van der Waals surface area (Å²) in [5.74, 6) is 0.515. The standard InChI is InChI=1S/C12H14N4.C2H6/c1-8-6-14-12(13)10-11(8)16(7-15-10)9-4-2-3-5-9;1-2/h2,4,6-7,9H,3,5H2,1H3,(H2,13,14);1-2H3. The molecule has 0 saturated heterocycles. The summed E-state index contributed by atoms with van der Waals surface area (Å²) in [6.07, 6.45) is 10.4. The van der Waals surface area contributed by atoms with Crippen LogP contribution in [0, 0.1) is 6.92 Å². The Morgan fingerprint density at radius 1 is 1.33 bits per heavy atom. The molecule has 0 bridgehead atoms. The highest BCUT2D eigenvalue weighted by molar-refractivity contribution is 5.87. The van der Waals surface area contributed by atoms with Gasteiger partial charge in [-0.2, -0.15) is 0 Å². The Hall–Kier alpha value is -1.84. The smallest absolute Gasteiger partial charge is 0.151 e. The van der Waals surface area contributed by atoms with Crippen LogP contribution in [0.4, 0.5) is 5.82 Å². The molecule has 18 heavy (non-hydrogen) atoms. The van der Waals surface area contributed by atoms with E-state index in [0.29, 0.717) is 11.9 Å². The monoisotopic (exact) mass is 244 g/mol. The third-order valence-corrected chi connectivity index (χ3v) is 3.15. The first-order valence-electron chi connectivity index (χ1n) is 6.51. The molecule has 1 aliphatic carbocycles. The minimum Gasteiger partial charge on any atom is -0.382 e. The second-order valence-corrected chi connectivity index (χ2v) is 4.25. The molecule has 1 unspecified atom stereocenters. The van der Waals surface area contributed by atoms with Gasteiger partial charge in [0.2, 0.25) is 0 Å². The molecule has 0 spiro atoms. The Bertz CT molecular complexity index is 568. The number of anilines is 1. The Balaban J connectivity index is 0.000000574. The molecule has 1 aliphatic rings. The van der Waals surface area contributed by atoms with Gasteiger partial charge in [-0.1, -0.05) is 26.0 Å². The summed E-state index contributed by atoms with van der Waals surface area (Å²) in [6, 6.07) is 0.422. The van der Waals surface area contributed by atoms with Gasteiger partial charge in [0.15, 0.2) is 5.82 Å². The summed E-state index contributed by atoms with van der Waals surface area (Å²) >= 11 is 0. The molecule has 0 radical (unpaired) electrons. The lowest BCUT2D eigenvalue weighted by atomic mass is 10.2. The van der Waals surface area contributed by atoms with E-state index in [1.165, 1.54) is 0 Å². The second-order valence-electron chi connectivity index (χ2n) is 4.25. The van der Waals surface area contributed by atoms with E-state index in [2.05, 4.69) is 26.7 Å². The first-order valence-corrected chi connectivity index (χ1v) is 6.51. The predicted molar refractivity (Wildman–Crippen MR) is 75.4 cm³/mol. The normalized spacial score (nSPS) is 17.8. The average Bonchev–Trinajstić information content (AvgIpc) is 3.04. The largest absolute Gasteiger partial charge is 0.382 e. The van der Waals surface area contributed by atoms with Crippen LogP contribution >= 0.6 is 0 Å². The van der Waals surface area contributed by atoms with E-state index in [9.17, 15) is 0 Å². The molecule has 2 aromatic rings. The van der Waals surface area contributed by atoms with E-state index in [-0.39, 0.29) is 0 Å². The van der Waals surface area contributed by atoms with Crippen LogP contribution in [0.2, 0.25) is 0 Å². The first kappa shape index (κ1) is 12.6. The molecule has 0 amide bonds. The molecule has 2 N–H and O–H groups in total. The number of hydrogen-bond acceptors (Lipinski definition) is 3. The van der Waals surface area contributed by atoms with Crippen LogP contribution in [0.15, 0.2) is 24.7 Å². The SMILES string of the molecule is CC.Cc1cnc(N)c2ncn(C3C=CCC3)c12. The number of fused-ring (bicyclic) bond motifs is 1. The third kappa shape index (κ3) is 1.98. The summed E-state index contributed by atoms with van der Waals surface area (Å²) in [7, 11) is 0. The van der Waals surface area contributed by atoms with E-state index < -0.39 is 0 Å². The predicted octanol–water partition coefficient (Wildman–Crippen LogP) is 3.24. The second kappa shape index (κ2) is 5.21. The number of rotatable bonds is 1. The summed E-state index contributed by atoms with van der Waals surface area (Å²) in [5.41, 5.74) is 8.89. The Kier molecular flexibility index (Phi) is 3.65. The number of nitrogen functional groups attached to an aromatic ring is 1. The van der Waals surface area contributed by atoms with Crippen molar-refractivity contribution >= 4 is 16.9 Å². The summed E-state index contributed by atoms with van der Waals surface area (Å²) in [5, 5.41) is 0. The van der Waals surface area contributed by atoms with Gasteiger partial charge >= 0.3 is 0 Å². The number of hydrogen-bond donors (Lipinski definition) is 1. The van der Waals surface area contributed by atoms with E-state index in [0.717, 1.165) is 29.4 Å². The van der Waals surface area contributed by atoms with Crippen LogP contribution in [0.25, 0.3) is 11.0 Å². The third-order valence-electron chi connectivity index (χ3n) is 3.15. The van der Waals surface area contributed by atoms with Gasteiger partial charge in [-0.15, -0.1) is 0 Å². The van der Waals surface area contributed by atoms with Crippen molar-refractivity contribution < 1.29 is 0 Å². The van der Waals surface area contributed by atoms with Crippen molar-refractivity contribution in [3.63, 3.8) is 0 Å². The summed E-state index contributed by atoms with van der Waals surface area (Å²) in [6.45, 7) is 6.05. The van der Waals surface area contributed by atoms with Crippen LogP contribution < -0.4 is 5.73 Å². The van der Waals surface area contributed by atoms with Gasteiger partial charge in [-0.05, 0) is 25.3 Å². The van der Waals surface area contributed by atoms with E-state index in [1.54, 1.807) is 0 Å². The van der Waals surface area contributed by atoms with Crippen LogP contribution in [-0.2, 0) is 0 Å². The number of allylic oxidation sites excluding steroid dienone is 2. The van der Waals surface area contributed by atoms with Gasteiger partial charge in [0, 0.05) is 6.20 Å². The summed E-state index contributed by atoms with van der Waals surface area (Å²) < 4.78 is 2.20. The highest BCUT2D eigenvalue weighted by Crippen LogP contribution is 2.29. The highest BCUT2D eigenvalue weighted by atomic mass is 15.1. The zero-order chi connectivity index (χ0) is 13.1. The fourth-order valence-electron chi connectivity index (χ4n) is 2.33. The molecule has 0 fully saturated rings. The quantitative estimate of drug-likeness (QED) is 0.783. The first-order chi connectivity index (χ1) is 8.77. The van der Waals surface area contributed by atoms with E-state index >= 15 is 0 Å². The number of pyridine rings is 1. The van der Waals surface area contributed by atoms with Gasteiger partial charge in [0.1, 0.15) is 5.52 Å². The number of nitrogens with two attached hydrogens (primary N) is 1. The van der Waals surface area contributed by atoms with Gasteiger partial charge in [0.05, 0.1) is 17.9 Å². The number of aryl methyl sites for hydroxylation is 1. The lowest BCUT2D eigenvalue weighted by molar-refractivity contribution is 0.605. The molecule has 2 aromatic heterocycles. The van der Waals surface area contributed by atoms with Gasteiger partial charge < -0.3 is 10.3 Å². The molecule has 3 rings (SSSR count). The fraction of sp³-hybridized carbons (Fsp3) is 0.429. The van der Waals surface area contributed by atoms with Crippen molar-refractivity contribution in [3.8, 4) is 0 Å². The van der Waals surface area contributed by atoms with Crippen LogP contribution in [0.3, 0.4) is 0 Å². The zero-order valence-corrected chi connectivity index (χ0v) is 11.2. The molecule has 4 heteroatoms. The molecule has 1 atom stereocenters. The fourth-order valence-corrected chi connectivity index (χ4v) is 2.33. The van der Waals surface area contributed by atoms with E-state index in [1.807, 2.05) is 33.3 Å². The maximum Gasteiger partial charge on any atom is 0.151 e. The molecule has 96 valence electrons. The minimum atomic E-state index is 0.422. The molecule has 0 aliphatic heterocycles. The average molecular weight is 244 g/mol. The lowest BCUT2D eigenvalue weighted by Crippen LogP contribution is -2.03. The Labute approximate surface area is 108 Å². The van der Waals surface area contributed by atoms with Crippen molar-refractivity contribution in [2.75, 3.05) is 5.73 Å². The Morgan fingerprint density at radius 3 is 2.78 bits per heavy atom. The van der Waals surface area contributed by atoms with Crippen molar-refractivity contribution in [3.05, 3.63) is 30.2 Å². The molecule has 4 nitrogen and oxygen atoms in total. The summed E-state index contributed by atoms with van der Waals surface area (Å²) in [4.78, 5) is 8.50. The van der Waals surface area contributed by atoms with Gasteiger partial charge in [0.25, 0.3) is 0 Å². The van der Waals surface area contributed by atoms with Gasteiger partial charge in [-0.3, -0.25) is 0 Å². The Morgan fingerprint density at radius 2 is 2.11 bits per heavy atom. The number of imidazole rings is 1. The van der Waals surface area contributed by atoms with Crippen LogP contribution in [0.1, 0.15) is 38.3 Å². The maximum atomic E-state index is 5.83. The maximum absolute atomic E-state index is 5.83. The van der Waals surface area contributed by atoms with Crippen molar-refractivity contribution in [2.45, 2.75) is 39.7 Å². The number of aromatic nitrogens is 3. The van der Waals surface area contributed by atoms with Crippen LogP contribution in [0.5, 0.6) is 0 Å². The zero-order valence-electron chi connectivity index (χ0n) is 11.2. The van der Waals surface area contributed by atoms with Crippen molar-refractivity contribution in [1.82, 2.24) is 14.5 Å². The minimum absolute atomic E-state index is 0.422. The van der Waals surface area contributed by atoms with E-state index in [4.69, 9.17) is 5.73 Å². The highest BCUT2D eigenvalue weighted by Gasteiger charge is 2.16. The molecule has 0 saturated carbocycles. The number of nitrogens with zero attached hydrogens (tertiary/aromatic N) is 3. The van der Waals surface area contributed by atoms with Crippen molar-refractivity contribution in [2.24, 2.45) is 0 Å². The molecule has 2 heterocycles.